The van der Waals surface area contributed by atoms with Crippen molar-refractivity contribution in [2.24, 2.45) is 0 Å². The first-order valence-electron chi connectivity index (χ1n) is 8.53. The molecule has 2 aromatic carbocycles. The van der Waals surface area contributed by atoms with Crippen molar-refractivity contribution in [2.45, 2.75) is 25.9 Å². The molecule has 136 valence electrons. The fourth-order valence-electron chi connectivity index (χ4n) is 2.84. The van der Waals surface area contributed by atoms with E-state index >= 15 is 0 Å². The summed E-state index contributed by atoms with van der Waals surface area (Å²) in [4.78, 5) is 25.2. The highest BCUT2D eigenvalue weighted by Crippen LogP contribution is 2.34. The van der Waals surface area contributed by atoms with E-state index in [2.05, 4.69) is 0 Å². The fourth-order valence-corrected chi connectivity index (χ4v) is 2.84. The monoisotopic (exact) mass is 355 g/mol. The molecule has 1 unspecified atom stereocenters. The number of carboxylic acid groups (broad SMARTS) is 1. The van der Waals surface area contributed by atoms with Crippen molar-refractivity contribution >= 4 is 17.6 Å². The van der Waals surface area contributed by atoms with Gasteiger partial charge in [-0.15, -0.1) is 0 Å². The highest BCUT2D eigenvalue weighted by Gasteiger charge is 2.35. The molecule has 1 heterocycles. The summed E-state index contributed by atoms with van der Waals surface area (Å²) < 4.78 is 11.3. The van der Waals surface area contributed by atoms with Crippen molar-refractivity contribution in [3.8, 4) is 11.5 Å². The number of rotatable bonds is 7. The zero-order valence-corrected chi connectivity index (χ0v) is 14.6. The average Bonchev–Trinajstić information content (AvgIpc) is 2.62. The fraction of sp³-hybridized carbons (Fsp3) is 0.300. The van der Waals surface area contributed by atoms with Gasteiger partial charge in [0.25, 0.3) is 5.91 Å². The predicted octanol–water partition coefficient (Wildman–Crippen LogP) is 3.03. The zero-order valence-electron chi connectivity index (χ0n) is 14.6. The van der Waals surface area contributed by atoms with Crippen LogP contribution in [0.1, 0.15) is 18.4 Å². The van der Waals surface area contributed by atoms with Gasteiger partial charge in [0.15, 0.2) is 6.10 Å². The topological polar surface area (TPSA) is 76.1 Å². The van der Waals surface area contributed by atoms with E-state index in [1.165, 1.54) is 0 Å². The maximum atomic E-state index is 12.6. The van der Waals surface area contributed by atoms with Crippen molar-refractivity contribution in [1.29, 1.82) is 0 Å². The number of aryl methyl sites for hydroxylation is 1. The third-order valence-electron chi connectivity index (χ3n) is 4.14. The van der Waals surface area contributed by atoms with Crippen molar-refractivity contribution in [3.05, 3.63) is 54.1 Å². The van der Waals surface area contributed by atoms with Gasteiger partial charge in [-0.2, -0.15) is 0 Å². The number of carbonyl (C=O) groups excluding carboxylic acids is 1. The van der Waals surface area contributed by atoms with Crippen LogP contribution in [0.5, 0.6) is 11.5 Å². The second-order valence-corrected chi connectivity index (χ2v) is 6.18. The summed E-state index contributed by atoms with van der Waals surface area (Å²) in [5.74, 6) is -0.0855. The van der Waals surface area contributed by atoms with Crippen LogP contribution in [0.25, 0.3) is 0 Å². The minimum Gasteiger partial charge on any atom is -0.494 e. The van der Waals surface area contributed by atoms with Crippen LogP contribution >= 0.6 is 0 Å². The molecule has 0 fully saturated rings. The maximum absolute atomic E-state index is 12.6. The van der Waals surface area contributed by atoms with Crippen LogP contribution in [0.3, 0.4) is 0 Å². The first kappa shape index (κ1) is 17.8. The number of fused-ring (bicyclic) bond motifs is 1. The van der Waals surface area contributed by atoms with Gasteiger partial charge in [-0.05, 0) is 37.6 Å². The first-order chi connectivity index (χ1) is 12.5. The lowest BCUT2D eigenvalue weighted by molar-refractivity contribution is -0.142. The molecule has 0 spiro atoms. The summed E-state index contributed by atoms with van der Waals surface area (Å²) in [7, 11) is 0. The quantitative estimate of drug-likeness (QED) is 0.773. The summed E-state index contributed by atoms with van der Waals surface area (Å²) in [6, 6.07) is 14.9. The minimum atomic E-state index is -1.06. The molecule has 1 aliphatic rings. The Morgan fingerprint density at radius 1 is 1.19 bits per heavy atom. The first-order valence-corrected chi connectivity index (χ1v) is 8.53. The van der Waals surface area contributed by atoms with Crippen molar-refractivity contribution in [1.82, 2.24) is 0 Å². The van der Waals surface area contributed by atoms with Gasteiger partial charge in [0.1, 0.15) is 11.5 Å². The molecule has 26 heavy (non-hydrogen) atoms. The molecule has 6 heteroatoms. The van der Waals surface area contributed by atoms with E-state index in [0.717, 1.165) is 11.3 Å². The normalized spacial score (nSPS) is 16.0. The Kier molecular flexibility index (Phi) is 5.41. The number of para-hydroxylation sites is 2. The van der Waals surface area contributed by atoms with Gasteiger partial charge >= 0.3 is 5.97 Å². The SMILES string of the molecule is Cc1ccc(OCCCN2C(=O)C(CC(=O)O)Oc3ccccc32)cc1. The number of carboxylic acids is 1. The number of ether oxygens (including phenoxy) is 2. The van der Waals surface area contributed by atoms with Crippen LogP contribution in [0.4, 0.5) is 5.69 Å². The molecule has 0 saturated carbocycles. The summed E-state index contributed by atoms with van der Waals surface area (Å²) in [6.45, 7) is 2.90. The zero-order chi connectivity index (χ0) is 18.5. The Morgan fingerprint density at radius 2 is 1.92 bits per heavy atom. The molecule has 0 aliphatic carbocycles. The van der Waals surface area contributed by atoms with E-state index in [-0.39, 0.29) is 12.3 Å². The second-order valence-electron chi connectivity index (χ2n) is 6.18. The highest BCUT2D eigenvalue weighted by atomic mass is 16.5. The second kappa shape index (κ2) is 7.91. The summed E-state index contributed by atoms with van der Waals surface area (Å²) in [5, 5.41) is 9.01. The number of hydrogen-bond acceptors (Lipinski definition) is 4. The van der Waals surface area contributed by atoms with Gasteiger partial charge in [-0.25, -0.2) is 0 Å². The van der Waals surface area contributed by atoms with E-state index in [0.29, 0.717) is 31.0 Å². The molecule has 1 N–H and O–H groups in total. The molecule has 3 rings (SSSR count). The Bertz CT molecular complexity index is 787. The van der Waals surface area contributed by atoms with Crippen LogP contribution < -0.4 is 14.4 Å². The molecule has 6 nitrogen and oxygen atoms in total. The largest absolute Gasteiger partial charge is 0.494 e. The van der Waals surface area contributed by atoms with Crippen molar-refractivity contribution in [2.75, 3.05) is 18.1 Å². The Labute approximate surface area is 152 Å². The van der Waals surface area contributed by atoms with Crippen molar-refractivity contribution in [3.63, 3.8) is 0 Å². The Hall–Kier alpha value is -3.02. The van der Waals surface area contributed by atoms with Crippen LogP contribution in [0.2, 0.25) is 0 Å². The molecule has 0 bridgehead atoms. The standard InChI is InChI=1S/C20H21NO5/c1-14-7-9-15(10-8-14)25-12-4-11-21-16-5-2-3-6-17(16)26-18(20(21)24)13-19(22)23/h2-3,5-10,18H,4,11-13H2,1H3,(H,22,23). The number of anilines is 1. The molecular weight excluding hydrogens is 334 g/mol. The summed E-state index contributed by atoms with van der Waals surface area (Å²) >= 11 is 0. The highest BCUT2D eigenvalue weighted by molar-refractivity contribution is 6.01. The molecule has 0 radical (unpaired) electrons. The van der Waals surface area contributed by atoms with E-state index in [1.54, 1.807) is 23.1 Å². The smallest absolute Gasteiger partial charge is 0.307 e. The predicted molar refractivity (Wildman–Crippen MR) is 96.8 cm³/mol. The third kappa shape index (κ3) is 4.14. The molecular formula is C20H21NO5. The lowest BCUT2D eigenvalue weighted by atomic mass is 10.1. The third-order valence-corrected chi connectivity index (χ3v) is 4.14. The van der Waals surface area contributed by atoms with Gasteiger partial charge in [0, 0.05) is 6.54 Å². The van der Waals surface area contributed by atoms with Gasteiger partial charge in [-0.3, -0.25) is 9.59 Å². The molecule has 1 amide bonds. The van der Waals surface area contributed by atoms with Crippen LogP contribution in [-0.2, 0) is 9.59 Å². The molecule has 0 aromatic heterocycles. The van der Waals surface area contributed by atoms with Crippen LogP contribution in [-0.4, -0.2) is 36.2 Å². The van der Waals surface area contributed by atoms with Crippen LogP contribution in [0.15, 0.2) is 48.5 Å². The van der Waals surface area contributed by atoms with Gasteiger partial charge in [0.2, 0.25) is 0 Å². The number of hydrogen-bond donors (Lipinski definition) is 1. The minimum absolute atomic E-state index is 0.332. The Morgan fingerprint density at radius 3 is 2.65 bits per heavy atom. The van der Waals surface area contributed by atoms with E-state index in [9.17, 15) is 9.59 Å². The van der Waals surface area contributed by atoms with Crippen LogP contribution in [0, 0.1) is 6.92 Å². The molecule has 2 aromatic rings. The molecule has 0 saturated heterocycles. The average molecular weight is 355 g/mol. The number of carbonyl (C=O) groups is 2. The number of benzene rings is 2. The molecule has 1 atom stereocenters. The van der Waals surface area contributed by atoms with Gasteiger partial charge in [0.05, 0.1) is 18.7 Å². The van der Waals surface area contributed by atoms with Crippen molar-refractivity contribution < 1.29 is 24.2 Å². The number of amides is 1. The van der Waals surface area contributed by atoms with E-state index < -0.39 is 12.1 Å². The van der Waals surface area contributed by atoms with E-state index in [4.69, 9.17) is 14.6 Å². The molecule has 1 aliphatic heterocycles. The lowest BCUT2D eigenvalue weighted by Crippen LogP contribution is -2.47. The summed E-state index contributed by atoms with van der Waals surface area (Å²) in [6.07, 6.45) is -0.738. The number of aliphatic carboxylic acids is 1. The van der Waals surface area contributed by atoms with E-state index in [1.807, 2.05) is 37.3 Å². The number of nitrogens with zero attached hydrogens (tertiary/aromatic N) is 1. The summed E-state index contributed by atoms with van der Waals surface area (Å²) in [5.41, 5.74) is 1.83. The maximum Gasteiger partial charge on any atom is 0.307 e. The Balaban J connectivity index is 1.64. The van der Waals surface area contributed by atoms with Gasteiger partial charge < -0.3 is 19.5 Å². The van der Waals surface area contributed by atoms with Gasteiger partial charge in [-0.1, -0.05) is 29.8 Å². The lowest BCUT2D eigenvalue weighted by Gasteiger charge is -2.33.